The number of phenolic OH excluding ortho intramolecular Hbond substituents is 1. The fourth-order valence-corrected chi connectivity index (χ4v) is 2.59. The summed E-state index contributed by atoms with van der Waals surface area (Å²) in [6.45, 7) is 5.60. The van der Waals surface area contributed by atoms with Crippen LogP contribution in [0.2, 0.25) is 0 Å². The maximum Gasteiger partial charge on any atom is 0.339 e. The molecular weight excluding hydrogens is 364 g/mol. The Morgan fingerprint density at radius 3 is 2.36 bits per heavy atom. The second kappa shape index (κ2) is 9.45. The lowest BCUT2D eigenvalue weighted by molar-refractivity contribution is 0.0693. The first-order valence-electron chi connectivity index (χ1n) is 8.63. The zero-order chi connectivity index (χ0) is 20.7. The van der Waals surface area contributed by atoms with E-state index in [1.54, 1.807) is 12.1 Å². The summed E-state index contributed by atoms with van der Waals surface area (Å²) in [7, 11) is 0. The first-order valence-corrected chi connectivity index (χ1v) is 8.63. The number of carboxylic acids is 1. The second-order valence-electron chi connectivity index (χ2n) is 6.02. The van der Waals surface area contributed by atoms with Gasteiger partial charge >= 0.3 is 5.97 Å². The third-order valence-electron chi connectivity index (χ3n) is 3.98. The van der Waals surface area contributed by atoms with Gasteiger partial charge in [0, 0.05) is 18.1 Å². The Labute approximate surface area is 162 Å². The largest absolute Gasteiger partial charge is 0.507 e. The van der Waals surface area contributed by atoms with Crippen molar-refractivity contribution in [2.75, 3.05) is 13.2 Å². The molecule has 0 aliphatic heterocycles. The number of allylic oxidation sites excluding steroid dienone is 1. The summed E-state index contributed by atoms with van der Waals surface area (Å²) < 4.78 is 11.2. The smallest absolute Gasteiger partial charge is 0.339 e. The number of carboxylic acid groups (broad SMARTS) is 1. The monoisotopic (exact) mass is 386 g/mol. The van der Waals surface area contributed by atoms with Crippen LogP contribution in [0.15, 0.2) is 43.0 Å². The minimum absolute atomic E-state index is 0.102. The highest BCUT2D eigenvalue weighted by atomic mass is 16.5. The molecule has 0 aliphatic carbocycles. The standard InChI is InChI=1S/C21H22O7/c1-3-5-17-19(9-8-15(13(2)22)20(17)24)28-11-4-10-27-14-6-7-16(21(25)26)18(23)12-14/h3,6-9,12,23-24H,1,4-5,10-11H2,2H3,(H,25,26). The molecule has 0 heterocycles. The van der Waals surface area contributed by atoms with E-state index in [4.69, 9.17) is 14.6 Å². The second-order valence-corrected chi connectivity index (χ2v) is 6.02. The molecule has 0 bridgehead atoms. The molecule has 3 N–H and O–H groups in total. The predicted octanol–water partition coefficient (Wildman–Crippen LogP) is 3.58. The van der Waals surface area contributed by atoms with Crippen molar-refractivity contribution in [3.8, 4) is 23.0 Å². The first kappa shape index (κ1) is 20.8. The molecule has 0 aliphatic rings. The van der Waals surface area contributed by atoms with Crippen molar-refractivity contribution in [3.05, 3.63) is 59.7 Å². The van der Waals surface area contributed by atoms with Gasteiger partial charge in [-0.05, 0) is 37.6 Å². The van der Waals surface area contributed by atoms with Gasteiger partial charge in [0.15, 0.2) is 5.78 Å². The van der Waals surface area contributed by atoms with Crippen molar-refractivity contribution in [2.45, 2.75) is 19.8 Å². The molecule has 0 spiro atoms. The van der Waals surface area contributed by atoms with Crippen molar-refractivity contribution in [3.63, 3.8) is 0 Å². The van der Waals surface area contributed by atoms with Crippen molar-refractivity contribution in [2.24, 2.45) is 0 Å². The van der Waals surface area contributed by atoms with Gasteiger partial charge in [-0.25, -0.2) is 4.79 Å². The van der Waals surface area contributed by atoms with Gasteiger partial charge in [-0.15, -0.1) is 6.58 Å². The highest BCUT2D eigenvalue weighted by Crippen LogP contribution is 2.32. The van der Waals surface area contributed by atoms with Crippen molar-refractivity contribution in [1.29, 1.82) is 0 Å². The van der Waals surface area contributed by atoms with Crippen LogP contribution in [-0.2, 0) is 6.42 Å². The van der Waals surface area contributed by atoms with Crippen molar-refractivity contribution >= 4 is 11.8 Å². The summed E-state index contributed by atoms with van der Waals surface area (Å²) in [4.78, 5) is 22.4. The summed E-state index contributed by atoms with van der Waals surface area (Å²) in [5.41, 5.74) is 0.536. The number of phenols is 2. The quantitative estimate of drug-likeness (QED) is 0.325. The van der Waals surface area contributed by atoms with Crippen LogP contribution in [0.3, 0.4) is 0 Å². The Kier molecular flexibility index (Phi) is 7.03. The molecule has 0 aromatic heterocycles. The van der Waals surface area contributed by atoms with Crippen LogP contribution in [0.5, 0.6) is 23.0 Å². The predicted molar refractivity (Wildman–Crippen MR) is 103 cm³/mol. The third-order valence-corrected chi connectivity index (χ3v) is 3.98. The first-order chi connectivity index (χ1) is 13.3. The van der Waals surface area contributed by atoms with E-state index in [0.717, 1.165) is 0 Å². The molecule has 148 valence electrons. The summed E-state index contributed by atoms with van der Waals surface area (Å²) in [6.07, 6.45) is 2.47. The topological polar surface area (TPSA) is 113 Å². The van der Waals surface area contributed by atoms with Crippen LogP contribution in [0, 0.1) is 0 Å². The number of carbonyl (C=O) groups is 2. The fraction of sp³-hybridized carbons (Fsp3) is 0.238. The van der Waals surface area contributed by atoms with Gasteiger partial charge in [-0.3, -0.25) is 4.79 Å². The summed E-state index contributed by atoms with van der Waals surface area (Å²) >= 11 is 0. The van der Waals surface area contributed by atoms with Crippen LogP contribution in [0.25, 0.3) is 0 Å². The number of hydrogen-bond acceptors (Lipinski definition) is 6. The van der Waals surface area contributed by atoms with Crippen LogP contribution in [-0.4, -0.2) is 40.3 Å². The van der Waals surface area contributed by atoms with Gasteiger partial charge in [0.1, 0.15) is 28.6 Å². The Bertz CT molecular complexity index is 887. The molecule has 0 saturated carbocycles. The highest BCUT2D eigenvalue weighted by Gasteiger charge is 2.15. The molecule has 0 radical (unpaired) electrons. The number of Topliss-reactive ketones (excluding diaryl/α,β-unsaturated/α-hetero) is 1. The molecule has 2 rings (SSSR count). The highest BCUT2D eigenvalue weighted by molar-refractivity contribution is 5.97. The number of rotatable bonds is 10. The van der Waals surface area contributed by atoms with E-state index in [9.17, 15) is 19.8 Å². The zero-order valence-corrected chi connectivity index (χ0v) is 15.5. The molecule has 28 heavy (non-hydrogen) atoms. The summed E-state index contributed by atoms with van der Waals surface area (Å²) in [5.74, 6) is -1.11. The molecule has 0 amide bonds. The minimum atomic E-state index is -1.22. The molecule has 7 nitrogen and oxygen atoms in total. The molecular formula is C21H22O7. The van der Waals surface area contributed by atoms with Gasteiger partial charge in [-0.2, -0.15) is 0 Å². The molecule has 0 saturated heterocycles. The number of benzene rings is 2. The number of aromatic carboxylic acids is 1. The van der Waals surface area contributed by atoms with E-state index in [0.29, 0.717) is 36.5 Å². The molecule has 0 fully saturated rings. The zero-order valence-electron chi connectivity index (χ0n) is 15.5. The number of aromatic hydroxyl groups is 2. The van der Waals surface area contributed by atoms with Gasteiger partial charge in [0.05, 0.1) is 18.8 Å². The SMILES string of the molecule is C=CCc1c(OCCCOc2ccc(C(=O)O)c(O)c2)ccc(C(C)=O)c1O. The molecule has 0 unspecified atom stereocenters. The van der Waals surface area contributed by atoms with Gasteiger partial charge < -0.3 is 24.8 Å². The Hall–Kier alpha value is -3.48. The van der Waals surface area contributed by atoms with Crippen LogP contribution < -0.4 is 9.47 Å². The van der Waals surface area contributed by atoms with Gasteiger partial charge in [0.2, 0.25) is 0 Å². The maximum absolute atomic E-state index is 11.6. The van der Waals surface area contributed by atoms with Gasteiger partial charge in [0.25, 0.3) is 0 Å². The van der Waals surface area contributed by atoms with Crippen LogP contribution in [0.4, 0.5) is 0 Å². The average Bonchev–Trinajstić information content (AvgIpc) is 2.63. The Morgan fingerprint density at radius 1 is 1.07 bits per heavy atom. The lowest BCUT2D eigenvalue weighted by Crippen LogP contribution is -2.07. The lowest BCUT2D eigenvalue weighted by Gasteiger charge is -2.14. The lowest BCUT2D eigenvalue weighted by atomic mass is 10.0. The van der Waals surface area contributed by atoms with E-state index in [-0.39, 0.29) is 35.0 Å². The van der Waals surface area contributed by atoms with E-state index < -0.39 is 5.97 Å². The normalized spacial score (nSPS) is 10.3. The number of carbonyl (C=O) groups excluding carboxylic acids is 1. The van der Waals surface area contributed by atoms with E-state index in [1.165, 1.54) is 31.2 Å². The van der Waals surface area contributed by atoms with E-state index in [2.05, 4.69) is 6.58 Å². The van der Waals surface area contributed by atoms with Crippen LogP contribution in [0.1, 0.15) is 39.6 Å². The minimum Gasteiger partial charge on any atom is -0.507 e. The molecule has 2 aromatic carbocycles. The summed E-state index contributed by atoms with van der Waals surface area (Å²) in [6, 6.07) is 7.13. The number of ether oxygens (including phenoxy) is 2. The Balaban J connectivity index is 1.92. The summed E-state index contributed by atoms with van der Waals surface area (Å²) in [5, 5.41) is 28.8. The fourth-order valence-electron chi connectivity index (χ4n) is 2.59. The molecule has 2 aromatic rings. The number of hydrogen-bond donors (Lipinski definition) is 3. The van der Waals surface area contributed by atoms with Crippen molar-refractivity contribution in [1.82, 2.24) is 0 Å². The Morgan fingerprint density at radius 2 is 1.75 bits per heavy atom. The van der Waals surface area contributed by atoms with Gasteiger partial charge in [-0.1, -0.05) is 6.08 Å². The van der Waals surface area contributed by atoms with E-state index >= 15 is 0 Å². The van der Waals surface area contributed by atoms with Crippen LogP contribution >= 0.6 is 0 Å². The van der Waals surface area contributed by atoms with E-state index in [1.807, 2.05) is 0 Å². The molecule has 7 heteroatoms. The molecule has 0 atom stereocenters. The average molecular weight is 386 g/mol. The maximum atomic E-state index is 11.6. The van der Waals surface area contributed by atoms with Crippen molar-refractivity contribution < 1.29 is 34.4 Å². The third kappa shape index (κ3) is 5.03. The number of ketones is 1.